The smallest absolute Gasteiger partial charge is 0.227 e. The van der Waals surface area contributed by atoms with Crippen LogP contribution in [-0.4, -0.2) is 56.9 Å². The third kappa shape index (κ3) is 3.55. The van der Waals surface area contributed by atoms with E-state index in [0.29, 0.717) is 19.5 Å². The minimum atomic E-state index is -0.556. The minimum Gasteiger partial charge on any atom is -0.392 e. The fourth-order valence-electron chi connectivity index (χ4n) is 2.50. The summed E-state index contributed by atoms with van der Waals surface area (Å²) in [5, 5.41) is 20.7. The van der Waals surface area contributed by atoms with Crippen LogP contribution in [0.3, 0.4) is 0 Å². The SMILES string of the molecule is CCCn1cnnc1CNC(=O)[C@@H]1CN(C)CC[C@@H]1O. The molecule has 0 bridgehead atoms. The van der Waals surface area contributed by atoms with Crippen molar-refractivity contribution < 1.29 is 9.90 Å². The van der Waals surface area contributed by atoms with Gasteiger partial charge in [0.2, 0.25) is 5.91 Å². The lowest BCUT2D eigenvalue weighted by atomic mass is 9.94. The van der Waals surface area contributed by atoms with Gasteiger partial charge in [0.1, 0.15) is 6.33 Å². The van der Waals surface area contributed by atoms with Gasteiger partial charge in [0.25, 0.3) is 0 Å². The minimum absolute atomic E-state index is 0.116. The van der Waals surface area contributed by atoms with Gasteiger partial charge in [-0.1, -0.05) is 6.92 Å². The lowest BCUT2D eigenvalue weighted by molar-refractivity contribution is -0.131. The summed E-state index contributed by atoms with van der Waals surface area (Å²) < 4.78 is 1.93. The number of aliphatic hydroxyl groups is 1. The molecular formula is C13H23N5O2. The number of nitrogens with one attached hydrogen (secondary N) is 1. The number of aryl methyl sites for hydroxylation is 1. The van der Waals surface area contributed by atoms with Gasteiger partial charge in [0.15, 0.2) is 5.82 Å². The van der Waals surface area contributed by atoms with E-state index in [0.717, 1.165) is 25.3 Å². The molecule has 0 spiro atoms. The predicted octanol–water partition coefficient (Wildman–Crippen LogP) is -0.383. The number of likely N-dealkylation sites (tertiary alicyclic amines) is 1. The van der Waals surface area contributed by atoms with Gasteiger partial charge < -0.3 is 19.9 Å². The van der Waals surface area contributed by atoms with Crippen molar-refractivity contribution in [1.29, 1.82) is 0 Å². The van der Waals surface area contributed by atoms with E-state index in [1.54, 1.807) is 6.33 Å². The number of rotatable bonds is 5. The molecule has 1 aromatic rings. The highest BCUT2D eigenvalue weighted by Gasteiger charge is 2.31. The van der Waals surface area contributed by atoms with E-state index in [2.05, 4.69) is 27.3 Å². The highest BCUT2D eigenvalue weighted by atomic mass is 16.3. The van der Waals surface area contributed by atoms with Gasteiger partial charge in [-0.25, -0.2) is 0 Å². The summed E-state index contributed by atoms with van der Waals surface area (Å²) in [5.74, 6) is 0.269. The van der Waals surface area contributed by atoms with Crippen LogP contribution in [-0.2, 0) is 17.9 Å². The van der Waals surface area contributed by atoms with Crippen molar-refractivity contribution in [2.75, 3.05) is 20.1 Å². The van der Waals surface area contributed by atoms with Gasteiger partial charge >= 0.3 is 0 Å². The Morgan fingerprint density at radius 2 is 2.40 bits per heavy atom. The molecule has 1 aromatic heterocycles. The number of hydrogen-bond donors (Lipinski definition) is 2. The van der Waals surface area contributed by atoms with Crippen LogP contribution >= 0.6 is 0 Å². The molecule has 2 rings (SSSR count). The Morgan fingerprint density at radius 3 is 3.15 bits per heavy atom. The maximum absolute atomic E-state index is 12.2. The second kappa shape index (κ2) is 6.81. The van der Waals surface area contributed by atoms with Crippen LogP contribution in [0, 0.1) is 5.92 Å². The van der Waals surface area contributed by atoms with Crippen LogP contribution in [0.25, 0.3) is 0 Å². The zero-order valence-corrected chi connectivity index (χ0v) is 12.1. The van der Waals surface area contributed by atoms with Crippen LogP contribution < -0.4 is 5.32 Å². The molecule has 7 heteroatoms. The Hall–Kier alpha value is -1.47. The fraction of sp³-hybridized carbons (Fsp3) is 0.769. The zero-order chi connectivity index (χ0) is 14.5. The monoisotopic (exact) mass is 281 g/mol. The molecule has 0 radical (unpaired) electrons. The molecule has 0 aromatic carbocycles. The summed E-state index contributed by atoms with van der Waals surface area (Å²) in [6.07, 6.45) is 2.75. The molecule has 112 valence electrons. The van der Waals surface area contributed by atoms with Gasteiger partial charge in [0.05, 0.1) is 18.6 Å². The number of amides is 1. The molecule has 7 nitrogen and oxygen atoms in total. The number of nitrogens with zero attached hydrogens (tertiary/aromatic N) is 4. The summed E-state index contributed by atoms with van der Waals surface area (Å²) in [6, 6.07) is 0. The highest BCUT2D eigenvalue weighted by Crippen LogP contribution is 2.16. The molecule has 2 atom stereocenters. The average molecular weight is 281 g/mol. The van der Waals surface area contributed by atoms with Gasteiger partial charge in [-0.2, -0.15) is 0 Å². The third-order valence-corrected chi connectivity index (χ3v) is 3.70. The van der Waals surface area contributed by atoms with Gasteiger partial charge in [-0.05, 0) is 19.9 Å². The van der Waals surface area contributed by atoms with E-state index in [1.807, 2.05) is 11.6 Å². The molecule has 0 unspecified atom stereocenters. The Morgan fingerprint density at radius 1 is 1.60 bits per heavy atom. The summed E-state index contributed by atoms with van der Waals surface area (Å²) >= 11 is 0. The third-order valence-electron chi connectivity index (χ3n) is 3.70. The highest BCUT2D eigenvalue weighted by molar-refractivity contribution is 5.79. The van der Waals surface area contributed by atoms with E-state index in [1.165, 1.54) is 0 Å². The average Bonchev–Trinajstić information content (AvgIpc) is 2.87. The summed E-state index contributed by atoms with van der Waals surface area (Å²) in [5.41, 5.74) is 0. The lowest BCUT2D eigenvalue weighted by Crippen LogP contribution is -2.48. The maximum atomic E-state index is 12.2. The van der Waals surface area contributed by atoms with Crippen molar-refractivity contribution in [2.24, 2.45) is 5.92 Å². The number of carbonyl (C=O) groups is 1. The second-order valence-electron chi connectivity index (χ2n) is 5.38. The first-order valence-electron chi connectivity index (χ1n) is 7.12. The molecule has 0 saturated carbocycles. The van der Waals surface area contributed by atoms with Crippen molar-refractivity contribution in [1.82, 2.24) is 25.0 Å². The summed E-state index contributed by atoms with van der Waals surface area (Å²) in [4.78, 5) is 14.2. The van der Waals surface area contributed by atoms with Gasteiger partial charge in [-0.15, -0.1) is 10.2 Å². The first-order valence-corrected chi connectivity index (χ1v) is 7.12. The molecule has 1 aliphatic rings. The number of carbonyl (C=O) groups excluding carboxylic acids is 1. The zero-order valence-electron chi connectivity index (χ0n) is 12.1. The predicted molar refractivity (Wildman–Crippen MR) is 73.8 cm³/mol. The Bertz CT molecular complexity index is 448. The molecule has 1 saturated heterocycles. The molecule has 1 fully saturated rings. The second-order valence-corrected chi connectivity index (χ2v) is 5.38. The first-order chi connectivity index (χ1) is 9.61. The van der Waals surface area contributed by atoms with Crippen LogP contribution in [0.15, 0.2) is 6.33 Å². The van der Waals surface area contributed by atoms with Crippen LogP contribution in [0.4, 0.5) is 0 Å². The fourth-order valence-corrected chi connectivity index (χ4v) is 2.50. The van der Waals surface area contributed by atoms with Crippen molar-refractivity contribution in [3.05, 3.63) is 12.2 Å². The van der Waals surface area contributed by atoms with E-state index in [4.69, 9.17) is 0 Å². The quantitative estimate of drug-likeness (QED) is 0.768. The van der Waals surface area contributed by atoms with Crippen LogP contribution in [0.1, 0.15) is 25.6 Å². The maximum Gasteiger partial charge on any atom is 0.227 e. The van der Waals surface area contributed by atoms with E-state index >= 15 is 0 Å². The largest absolute Gasteiger partial charge is 0.392 e. The van der Waals surface area contributed by atoms with Crippen molar-refractivity contribution in [3.8, 4) is 0 Å². The Labute approximate surface area is 119 Å². The molecule has 0 aliphatic carbocycles. The summed E-state index contributed by atoms with van der Waals surface area (Å²) in [7, 11) is 1.96. The standard InChI is InChI=1S/C13H23N5O2/c1-3-5-18-9-15-16-12(18)7-14-13(20)10-8-17(2)6-4-11(10)19/h9-11,19H,3-8H2,1-2H3,(H,14,20)/t10-,11+/m1/s1. The topological polar surface area (TPSA) is 83.3 Å². The van der Waals surface area contributed by atoms with E-state index in [9.17, 15) is 9.90 Å². The molecule has 20 heavy (non-hydrogen) atoms. The van der Waals surface area contributed by atoms with Crippen LogP contribution in [0.5, 0.6) is 0 Å². The van der Waals surface area contributed by atoms with Gasteiger partial charge in [-0.3, -0.25) is 4.79 Å². The molecule has 2 heterocycles. The summed E-state index contributed by atoms with van der Waals surface area (Å²) in [6.45, 7) is 4.69. The first kappa shape index (κ1) is 14.9. The molecule has 2 N–H and O–H groups in total. The van der Waals surface area contributed by atoms with Crippen molar-refractivity contribution in [2.45, 2.75) is 39.0 Å². The Balaban J connectivity index is 1.89. The van der Waals surface area contributed by atoms with E-state index in [-0.39, 0.29) is 11.8 Å². The number of aliphatic hydroxyl groups excluding tert-OH is 1. The molecule has 1 amide bonds. The van der Waals surface area contributed by atoms with Gasteiger partial charge in [0, 0.05) is 19.6 Å². The molecule has 1 aliphatic heterocycles. The van der Waals surface area contributed by atoms with Crippen molar-refractivity contribution in [3.63, 3.8) is 0 Å². The number of hydrogen-bond acceptors (Lipinski definition) is 5. The number of aromatic nitrogens is 3. The normalized spacial score (nSPS) is 23.8. The lowest BCUT2D eigenvalue weighted by Gasteiger charge is -2.32. The van der Waals surface area contributed by atoms with Crippen LogP contribution in [0.2, 0.25) is 0 Å². The Kier molecular flexibility index (Phi) is 5.08. The number of piperidine rings is 1. The molecular weight excluding hydrogens is 258 g/mol. The van der Waals surface area contributed by atoms with E-state index < -0.39 is 6.10 Å². The van der Waals surface area contributed by atoms with Crippen molar-refractivity contribution >= 4 is 5.91 Å².